The fourth-order valence-corrected chi connectivity index (χ4v) is 4.02. The number of hydrogen-bond donors (Lipinski definition) is 2. The number of para-hydroxylation sites is 2. The molecule has 144 valence electrons. The highest BCUT2D eigenvalue weighted by Crippen LogP contribution is 2.27. The van der Waals surface area contributed by atoms with Crippen molar-refractivity contribution in [2.24, 2.45) is 0 Å². The van der Waals surface area contributed by atoms with Crippen LogP contribution >= 0.6 is 11.8 Å². The maximum atomic E-state index is 12.1. The molecule has 1 amide bonds. The molecule has 1 saturated heterocycles. The summed E-state index contributed by atoms with van der Waals surface area (Å²) in [5.41, 5.74) is 0.873. The average molecular weight is 386 g/mol. The largest absolute Gasteiger partial charge is 0.506 e. The van der Waals surface area contributed by atoms with E-state index in [1.54, 1.807) is 6.07 Å². The first kappa shape index (κ1) is 19.6. The van der Waals surface area contributed by atoms with Crippen LogP contribution in [0.3, 0.4) is 0 Å². The van der Waals surface area contributed by atoms with Gasteiger partial charge >= 0.3 is 0 Å². The lowest BCUT2D eigenvalue weighted by Gasteiger charge is -2.35. The molecule has 1 heterocycles. The van der Waals surface area contributed by atoms with Gasteiger partial charge in [0.1, 0.15) is 5.75 Å². The molecular formula is C21H27N3O2S. The lowest BCUT2D eigenvalue weighted by molar-refractivity contribution is -0.122. The maximum Gasteiger partial charge on any atom is 0.234 e. The van der Waals surface area contributed by atoms with E-state index in [2.05, 4.69) is 27.2 Å². The van der Waals surface area contributed by atoms with Gasteiger partial charge in [0.15, 0.2) is 0 Å². The van der Waals surface area contributed by atoms with Crippen LogP contribution in [-0.2, 0) is 4.79 Å². The van der Waals surface area contributed by atoms with Gasteiger partial charge < -0.3 is 15.3 Å². The van der Waals surface area contributed by atoms with Crippen LogP contribution in [0.2, 0.25) is 0 Å². The van der Waals surface area contributed by atoms with E-state index in [0.29, 0.717) is 12.3 Å². The number of aromatic hydroxyl groups is 1. The Bertz CT molecular complexity index is 718. The summed E-state index contributed by atoms with van der Waals surface area (Å²) in [5.74, 6) is 1.41. The number of carbonyl (C=O) groups excluding carboxylic acids is 1. The van der Waals surface area contributed by atoms with Crippen molar-refractivity contribution in [3.8, 4) is 5.75 Å². The third-order valence-electron chi connectivity index (χ3n) is 4.62. The Balaban J connectivity index is 1.30. The lowest BCUT2D eigenvalue weighted by Crippen LogP contribution is -2.49. The molecule has 2 aromatic carbocycles. The molecule has 1 aliphatic heterocycles. The normalized spacial score (nSPS) is 14.9. The number of piperazine rings is 1. The lowest BCUT2D eigenvalue weighted by atomic mass is 10.2. The second-order valence-corrected chi connectivity index (χ2v) is 7.79. The highest BCUT2D eigenvalue weighted by atomic mass is 32.2. The van der Waals surface area contributed by atoms with E-state index in [9.17, 15) is 9.90 Å². The van der Waals surface area contributed by atoms with E-state index in [0.717, 1.165) is 50.6 Å². The summed E-state index contributed by atoms with van der Waals surface area (Å²) < 4.78 is 0. The Kier molecular flexibility index (Phi) is 7.42. The van der Waals surface area contributed by atoms with Crippen LogP contribution in [0, 0.1) is 0 Å². The molecule has 0 aliphatic carbocycles. The zero-order valence-electron chi connectivity index (χ0n) is 15.5. The van der Waals surface area contributed by atoms with Crippen molar-refractivity contribution in [3.63, 3.8) is 0 Å². The van der Waals surface area contributed by atoms with Gasteiger partial charge in [0.05, 0.1) is 12.2 Å². The highest BCUT2D eigenvalue weighted by Gasteiger charge is 2.20. The first-order valence-corrected chi connectivity index (χ1v) is 10.4. The standard InChI is InChI=1S/C21H27N3O2S/c25-20-10-5-4-9-19(20)24-14-12-23(13-15-24)17-21(26)22-11-6-16-27-18-7-2-1-3-8-18/h1-5,7-10,25H,6,11-17H2,(H,22,26). The number of amides is 1. The van der Waals surface area contributed by atoms with Crippen LogP contribution in [0.4, 0.5) is 5.69 Å². The summed E-state index contributed by atoms with van der Waals surface area (Å²) in [7, 11) is 0. The minimum absolute atomic E-state index is 0.0933. The molecule has 1 aliphatic rings. The number of carbonyl (C=O) groups is 1. The van der Waals surface area contributed by atoms with Crippen molar-refractivity contribution in [1.29, 1.82) is 0 Å². The minimum atomic E-state index is 0.0933. The molecule has 0 atom stereocenters. The van der Waals surface area contributed by atoms with Gasteiger partial charge in [0.2, 0.25) is 5.91 Å². The van der Waals surface area contributed by atoms with Crippen molar-refractivity contribution in [3.05, 3.63) is 54.6 Å². The van der Waals surface area contributed by atoms with Gasteiger partial charge in [-0.1, -0.05) is 30.3 Å². The number of phenolic OH excluding ortho intramolecular Hbond substituents is 1. The fraction of sp³-hybridized carbons (Fsp3) is 0.381. The summed E-state index contributed by atoms with van der Waals surface area (Å²) >= 11 is 1.82. The fourth-order valence-electron chi connectivity index (χ4n) is 3.14. The van der Waals surface area contributed by atoms with Crippen LogP contribution in [-0.4, -0.2) is 60.9 Å². The summed E-state index contributed by atoms with van der Waals surface area (Å²) in [4.78, 5) is 17.7. The van der Waals surface area contributed by atoms with E-state index in [-0.39, 0.29) is 5.91 Å². The molecule has 2 aromatic rings. The van der Waals surface area contributed by atoms with Crippen LogP contribution < -0.4 is 10.2 Å². The van der Waals surface area contributed by atoms with Crippen LogP contribution in [0.1, 0.15) is 6.42 Å². The van der Waals surface area contributed by atoms with Gasteiger partial charge in [0.25, 0.3) is 0 Å². The van der Waals surface area contributed by atoms with Gasteiger partial charge in [-0.3, -0.25) is 9.69 Å². The molecule has 0 bridgehead atoms. The van der Waals surface area contributed by atoms with E-state index in [4.69, 9.17) is 0 Å². The Morgan fingerprint density at radius 1 is 1.00 bits per heavy atom. The molecule has 0 unspecified atom stereocenters. The Hall–Kier alpha value is -2.18. The minimum Gasteiger partial charge on any atom is -0.506 e. The van der Waals surface area contributed by atoms with Crippen LogP contribution in [0.5, 0.6) is 5.75 Å². The maximum absolute atomic E-state index is 12.1. The third-order valence-corrected chi connectivity index (χ3v) is 5.72. The van der Waals surface area contributed by atoms with E-state index >= 15 is 0 Å². The molecule has 3 rings (SSSR count). The van der Waals surface area contributed by atoms with Gasteiger partial charge in [-0.05, 0) is 36.4 Å². The van der Waals surface area contributed by atoms with Crippen molar-refractivity contribution in [2.75, 3.05) is 49.9 Å². The topological polar surface area (TPSA) is 55.8 Å². The third kappa shape index (κ3) is 6.19. The molecule has 5 nitrogen and oxygen atoms in total. The zero-order valence-corrected chi connectivity index (χ0v) is 16.3. The van der Waals surface area contributed by atoms with Crippen LogP contribution in [0.25, 0.3) is 0 Å². The molecule has 0 aromatic heterocycles. The predicted molar refractivity (Wildman–Crippen MR) is 112 cm³/mol. The van der Waals surface area contributed by atoms with Crippen molar-refractivity contribution in [2.45, 2.75) is 11.3 Å². The Morgan fingerprint density at radius 2 is 1.70 bits per heavy atom. The van der Waals surface area contributed by atoms with Crippen LogP contribution in [0.15, 0.2) is 59.5 Å². The number of thioether (sulfide) groups is 1. The van der Waals surface area contributed by atoms with E-state index < -0.39 is 0 Å². The van der Waals surface area contributed by atoms with Gasteiger partial charge in [0, 0.05) is 37.6 Å². The predicted octanol–water partition coefficient (Wildman–Crippen LogP) is 2.81. The smallest absolute Gasteiger partial charge is 0.234 e. The number of phenols is 1. The molecular weight excluding hydrogens is 358 g/mol. The zero-order chi connectivity index (χ0) is 18.9. The summed E-state index contributed by atoms with van der Waals surface area (Å²) in [6.07, 6.45) is 0.965. The molecule has 0 radical (unpaired) electrons. The first-order chi connectivity index (χ1) is 13.2. The monoisotopic (exact) mass is 385 g/mol. The second kappa shape index (κ2) is 10.2. The van der Waals surface area contributed by atoms with Gasteiger partial charge in [-0.25, -0.2) is 0 Å². The first-order valence-electron chi connectivity index (χ1n) is 9.42. The quantitative estimate of drug-likeness (QED) is 0.541. The summed E-state index contributed by atoms with van der Waals surface area (Å²) in [5, 5.41) is 13.0. The summed E-state index contributed by atoms with van der Waals surface area (Å²) in [6, 6.07) is 17.7. The molecule has 2 N–H and O–H groups in total. The number of nitrogens with one attached hydrogen (secondary N) is 1. The highest BCUT2D eigenvalue weighted by molar-refractivity contribution is 7.99. The van der Waals surface area contributed by atoms with Gasteiger partial charge in [-0.2, -0.15) is 0 Å². The second-order valence-electron chi connectivity index (χ2n) is 6.62. The Labute approximate surface area is 165 Å². The van der Waals surface area contributed by atoms with E-state index in [1.165, 1.54) is 4.90 Å². The molecule has 0 spiro atoms. The molecule has 6 heteroatoms. The SMILES string of the molecule is O=C(CN1CCN(c2ccccc2O)CC1)NCCCSc1ccccc1. The number of rotatable bonds is 8. The van der Waals surface area contributed by atoms with Crippen molar-refractivity contribution < 1.29 is 9.90 Å². The van der Waals surface area contributed by atoms with Crippen molar-refractivity contribution >= 4 is 23.4 Å². The average Bonchev–Trinajstić information content (AvgIpc) is 2.70. The van der Waals surface area contributed by atoms with Gasteiger partial charge in [-0.15, -0.1) is 11.8 Å². The molecule has 27 heavy (non-hydrogen) atoms. The number of benzene rings is 2. The number of hydrogen-bond acceptors (Lipinski definition) is 5. The van der Waals surface area contributed by atoms with E-state index in [1.807, 2.05) is 48.2 Å². The summed E-state index contributed by atoms with van der Waals surface area (Å²) in [6.45, 7) is 4.45. The Morgan fingerprint density at radius 3 is 2.44 bits per heavy atom. The number of anilines is 1. The van der Waals surface area contributed by atoms with Crippen molar-refractivity contribution in [1.82, 2.24) is 10.2 Å². The molecule has 0 saturated carbocycles. The molecule has 1 fully saturated rings. The number of nitrogens with zero attached hydrogens (tertiary/aromatic N) is 2.